The molecule has 2 rings (SSSR count). The number of aliphatic hydroxyl groups excluding tert-OH is 1. The van der Waals surface area contributed by atoms with E-state index in [-0.39, 0.29) is 30.2 Å². The summed E-state index contributed by atoms with van der Waals surface area (Å²) in [6, 6.07) is 0. The Morgan fingerprint density at radius 2 is 2.24 bits per heavy atom. The van der Waals surface area contributed by atoms with Crippen LogP contribution in [0.2, 0.25) is 0 Å². The van der Waals surface area contributed by atoms with Gasteiger partial charge in [-0.2, -0.15) is 0 Å². The molecule has 1 saturated carbocycles. The Hall–Kier alpha value is -0.450. The fourth-order valence-corrected chi connectivity index (χ4v) is 2.97. The van der Waals surface area contributed by atoms with Gasteiger partial charge in [0.1, 0.15) is 6.10 Å². The van der Waals surface area contributed by atoms with Gasteiger partial charge in [0.15, 0.2) is 5.78 Å². The minimum atomic E-state index is -0.352. The number of ketones is 1. The second-order valence-corrected chi connectivity index (χ2v) is 5.36. The van der Waals surface area contributed by atoms with Crippen molar-refractivity contribution in [3.63, 3.8) is 0 Å². The third kappa shape index (κ3) is 3.06. The van der Waals surface area contributed by atoms with Crippen LogP contribution in [0.1, 0.15) is 39.0 Å². The van der Waals surface area contributed by atoms with E-state index in [2.05, 4.69) is 0 Å². The zero-order valence-corrected chi connectivity index (χ0v) is 10.6. The Morgan fingerprint density at radius 1 is 1.47 bits per heavy atom. The van der Waals surface area contributed by atoms with E-state index in [0.29, 0.717) is 12.3 Å². The largest absolute Gasteiger partial charge is 0.390 e. The number of methoxy groups -OCH3 is 1. The number of hydrogen-bond donors (Lipinski definition) is 1. The number of carbonyl (C=O) groups excluding carboxylic acids is 1. The summed E-state index contributed by atoms with van der Waals surface area (Å²) in [6.07, 6.45) is 3.31. The van der Waals surface area contributed by atoms with Gasteiger partial charge in [-0.3, -0.25) is 4.79 Å². The van der Waals surface area contributed by atoms with Gasteiger partial charge in [-0.25, -0.2) is 0 Å². The van der Waals surface area contributed by atoms with Crippen molar-refractivity contribution in [2.45, 2.75) is 63.4 Å². The van der Waals surface area contributed by atoms with Gasteiger partial charge in [-0.1, -0.05) is 0 Å². The molecule has 0 aromatic rings. The van der Waals surface area contributed by atoms with Gasteiger partial charge in [-0.15, -0.1) is 0 Å². The first-order valence-electron chi connectivity index (χ1n) is 6.49. The Balaban J connectivity index is 1.85. The minimum absolute atomic E-state index is 0.0694. The molecule has 1 heterocycles. The molecule has 1 aliphatic heterocycles. The van der Waals surface area contributed by atoms with E-state index in [0.717, 1.165) is 25.7 Å². The second-order valence-electron chi connectivity index (χ2n) is 5.36. The molecule has 1 N–H and O–H groups in total. The molecule has 0 radical (unpaired) electrons. The SMILES string of the molecule is COC1CC(CC2OC(C)CC2=O)CCC1O. The zero-order valence-electron chi connectivity index (χ0n) is 10.6. The normalized spacial score (nSPS) is 43.0. The number of carbonyl (C=O) groups is 1. The van der Waals surface area contributed by atoms with Crippen molar-refractivity contribution in [3.8, 4) is 0 Å². The van der Waals surface area contributed by atoms with Crippen LogP contribution in [-0.2, 0) is 14.3 Å². The van der Waals surface area contributed by atoms with Crippen LogP contribution in [0.25, 0.3) is 0 Å². The molecule has 0 amide bonds. The summed E-state index contributed by atoms with van der Waals surface area (Å²) < 4.78 is 10.9. The molecule has 0 spiro atoms. The van der Waals surface area contributed by atoms with Crippen molar-refractivity contribution in [2.24, 2.45) is 5.92 Å². The lowest BCUT2D eigenvalue weighted by Crippen LogP contribution is -2.36. The Bertz CT molecular complexity index is 279. The number of ether oxygens (including phenoxy) is 2. The topological polar surface area (TPSA) is 55.8 Å². The number of Topliss-reactive ketones (excluding diaryl/α,β-unsaturated/α-hetero) is 1. The maximum absolute atomic E-state index is 11.7. The molecule has 2 fully saturated rings. The average molecular weight is 242 g/mol. The van der Waals surface area contributed by atoms with Crippen molar-refractivity contribution in [1.29, 1.82) is 0 Å². The predicted molar refractivity (Wildman–Crippen MR) is 62.7 cm³/mol. The van der Waals surface area contributed by atoms with E-state index >= 15 is 0 Å². The highest BCUT2D eigenvalue weighted by Crippen LogP contribution is 2.32. The predicted octanol–water partition coefficient (Wildman–Crippen LogP) is 1.30. The fraction of sp³-hybridized carbons (Fsp3) is 0.923. The lowest BCUT2D eigenvalue weighted by atomic mass is 9.81. The standard InChI is InChI=1S/C13H22O4/c1-8-5-11(15)13(17-8)7-9-3-4-10(14)12(6-9)16-2/h8-10,12-14H,3-7H2,1-2H3. The average Bonchev–Trinajstić information content (AvgIpc) is 2.60. The number of aliphatic hydroxyl groups is 1. The maximum Gasteiger partial charge on any atom is 0.164 e. The summed E-state index contributed by atoms with van der Waals surface area (Å²) in [4.78, 5) is 11.7. The molecule has 5 atom stereocenters. The highest BCUT2D eigenvalue weighted by atomic mass is 16.5. The first-order chi connectivity index (χ1) is 8.10. The van der Waals surface area contributed by atoms with E-state index in [4.69, 9.17) is 9.47 Å². The quantitative estimate of drug-likeness (QED) is 0.810. The van der Waals surface area contributed by atoms with Crippen molar-refractivity contribution in [2.75, 3.05) is 7.11 Å². The van der Waals surface area contributed by atoms with Crippen molar-refractivity contribution >= 4 is 5.78 Å². The molecule has 4 nitrogen and oxygen atoms in total. The number of hydrogen-bond acceptors (Lipinski definition) is 4. The zero-order chi connectivity index (χ0) is 12.4. The summed E-state index contributed by atoms with van der Waals surface area (Å²) >= 11 is 0. The Morgan fingerprint density at radius 3 is 2.82 bits per heavy atom. The van der Waals surface area contributed by atoms with Gasteiger partial charge >= 0.3 is 0 Å². The molecular weight excluding hydrogens is 220 g/mol. The van der Waals surface area contributed by atoms with E-state index in [1.165, 1.54) is 0 Å². The fourth-order valence-electron chi connectivity index (χ4n) is 2.97. The second kappa shape index (κ2) is 5.46. The van der Waals surface area contributed by atoms with Crippen LogP contribution in [-0.4, -0.2) is 42.4 Å². The van der Waals surface area contributed by atoms with Crippen LogP contribution >= 0.6 is 0 Å². The molecule has 5 unspecified atom stereocenters. The van der Waals surface area contributed by atoms with E-state index in [1.807, 2.05) is 6.92 Å². The summed E-state index contributed by atoms with van der Waals surface area (Å²) in [6.45, 7) is 1.94. The van der Waals surface area contributed by atoms with Crippen molar-refractivity contribution < 1.29 is 19.4 Å². The van der Waals surface area contributed by atoms with Gasteiger partial charge in [0, 0.05) is 13.5 Å². The molecule has 0 bridgehead atoms. The molecule has 1 saturated heterocycles. The van der Waals surface area contributed by atoms with Crippen LogP contribution in [0.5, 0.6) is 0 Å². The lowest BCUT2D eigenvalue weighted by molar-refractivity contribution is -0.124. The highest BCUT2D eigenvalue weighted by molar-refractivity contribution is 5.85. The van der Waals surface area contributed by atoms with Crippen LogP contribution in [0, 0.1) is 5.92 Å². The molecule has 17 heavy (non-hydrogen) atoms. The smallest absolute Gasteiger partial charge is 0.164 e. The van der Waals surface area contributed by atoms with Gasteiger partial charge in [0.05, 0.1) is 18.3 Å². The number of rotatable bonds is 3. The maximum atomic E-state index is 11.7. The summed E-state index contributed by atoms with van der Waals surface area (Å²) in [5.74, 6) is 0.667. The summed E-state index contributed by atoms with van der Waals surface area (Å²) in [5.41, 5.74) is 0. The molecule has 0 aromatic heterocycles. The van der Waals surface area contributed by atoms with Crippen LogP contribution in [0.3, 0.4) is 0 Å². The van der Waals surface area contributed by atoms with Gasteiger partial charge in [-0.05, 0) is 38.5 Å². The Kier molecular flexibility index (Phi) is 4.17. The van der Waals surface area contributed by atoms with Crippen molar-refractivity contribution in [3.05, 3.63) is 0 Å². The first-order valence-corrected chi connectivity index (χ1v) is 6.49. The first kappa shape index (κ1) is 13.0. The Labute approximate surface area is 102 Å². The lowest BCUT2D eigenvalue weighted by Gasteiger charge is -2.33. The summed E-state index contributed by atoms with van der Waals surface area (Å²) in [5, 5.41) is 9.72. The van der Waals surface area contributed by atoms with Gasteiger partial charge in [0.2, 0.25) is 0 Å². The van der Waals surface area contributed by atoms with E-state index in [9.17, 15) is 9.90 Å². The van der Waals surface area contributed by atoms with Gasteiger partial charge in [0.25, 0.3) is 0 Å². The molecule has 98 valence electrons. The van der Waals surface area contributed by atoms with Crippen LogP contribution in [0.15, 0.2) is 0 Å². The molecule has 4 heteroatoms. The molecule has 2 aliphatic rings. The van der Waals surface area contributed by atoms with Gasteiger partial charge < -0.3 is 14.6 Å². The van der Waals surface area contributed by atoms with Crippen LogP contribution in [0.4, 0.5) is 0 Å². The molecular formula is C13H22O4. The molecule has 0 aromatic carbocycles. The monoisotopic (exact) mass is 242 g/mol. The third-order valence-corrected chi connectivity index (χ3v) is 3.96. The van der Waals surface area contributed by atoms with Crippen LogP contribution < -0.4 is 0 Å². The summed E-state index contributed by atoms with van der Waals surface area (Å²) in [7, 11) is 1.63. The van der Waals surface area contributed by atoms with E-state index in [1.54, 1.807) is 7.11 Å². The minimum Gasteiger partial charge on any atom is -0.390 e. The van der Waals surface area contributed by atoms with Crippen molar-refractivity contribution in [1.82, 2.24) is 0 Å². The molecule has 1 aliphatic carbocycles. The van der Waals surface area contributed by atoms with E-state index < -0.39 is 0 Å². The highest BCUT2D eigenvalue weighted by Gasteiger charge is 2.36. The third-order valence-electron chi connectivity index (χ3n) is 3.96.